The molecule has 9 aromatic carbocycles. The second-order valence-corrected chi connectivity index (χ2v) is 33.5. The van der Waals surface area contributed by atoms with Crippen molar-refractivity contribution in [2.75, 3.05) is 167 Å². The summed E-state index contributed by atoms with van der Waals surface area (Å²) in [5.41, 5.74) is 10.9. The van der Waals surface area contributed by atoms with E-state index >= 15 is 0 Å². The number of rotatable bonds is 10. The summed E-state index contributed by atoms with van der Waals surface area (Å²) in [6.07, 6.45) is -0.428. The molecule has 4 N–H and O–H groups in total. The number of benzene rings is 9. The van der Waals surface area contributed by atoms with Crippen molar-refractivity contribution in [1.29, 1.82) is 0 Å². The number of piperazine rings is 5. The number of fused-ring (bicyclic) bond motifs is 2. The quantitative estimate of drug-likeness (QED) is 0.0654. The molecule has 16 rings (SSSR count). The number of aromatic carboxylic acids is 1. The van der Waals surface area contributed by atoms with Crippen molar-refractivity contribution in [1.82, 2.24) is 40.4 Å². The summed E-state index contributed by atoms with van der Waals surface area (Å²) < 4.78 is 16.6. The first-order valence-corrected chi connectivity index (χ1v) is 42.2. The van der Waals surface area contributed by atoms with Crippen LogP contribution < -0.4 is 69.6 Å². The molecule has 0 radical (unpaired) electrons. The molecule has 5 aliphatic heterocycles. The molecule has 5 aliphatic rings. The summed E-state index contributed by atoms with van der Waals surface area (Å²) >= 11 is 32.7. The first-order chi connectivity index (χ1) is 57.2. The molecule has 23 nitrogen and oxygen atoms in total. The Bertz CT molecular complexity index is 5100. The fourth-order valence-corrected chi connectivity index (χ4v) is 14.3. The number of carbonyl (C=O) groups is 4. The van der Waals surface area contributed by atoms with E-state index in [-0.39, 0.29) is 64.4 Å². The van der Waals surface area contributed by atoms with Gasteiger partial charge >= 0.3 is 53.7 Å². The standard InChI is InChI=1S/C26H23ClN4O2.C25H21ClN4O2.C15H21ClN2O2.C10H13ClN2.C9H18N2O2.C6H4BrCl.Na.H2O/c1-33-26(32)19-7-12-22-23(17-19)29-25(24(28-22)18-5-3-2-4-6-18)31-15-13-30(14-16-31)21-10-8-20(27)9-11-21;26-19-7-9-20(10-8-19)29-12-14-30(15-13-29)24-23(17-4-2-1-3-5-17)27-21-11-6-18(25(31)32)16-22(21)28-24;1-15(2,3)20-14(19)18-10-8-17(9-11-18)13-6-4-12(16)5-7-13;11-9-1-3-10(4-2-9)13-7-5-12-6-8-13;1-9(2,3)13-8(12)11-6-4-10-5-7-11;7-5-1-3-6(8)4-2-5;;/h2-12,17H,13-16H2,1H3;1-11,16H,12-15H2,(H,31,32);4-7H,8-11H2,1-3H3;1-4,12H,5-8H2;10H,4-7H2,1-3H3;1-4H;;1H2/q;;;;;;+1;/p-1. The number of halogens is 6. The van der Waals surface area contributed by atoms with Crippen molar-refractivity contribution in [2.24, 2.45) is 0 Å². The molecule has 0 atom stereocenters. The van der Waals surface area contributed by atoms with Crippen molar-refractivity contribution in [3.05, 3.63) is 259 Å². The van der Waals surface area contributed by atoms with Gasteiger partial charge in [0.1, 0.15) is 22.6 Å². The zero-order valence-corrected chi connectivity index (χ0v) is 76.7. The monoisotopic (exact) mass is 1810 g/mol. The van der Waals surface area contributed by atoms with Gasteiger partial charge in [-0.2, -0.15) is 0 Å². The average molecular weight is 1820 g/mol. The Morgan fingerprint density at radius 2 is 0.669 bits per heavy atom. The van der Waals surface area contributed by atoms with E-state index in [1.807, 2.05) is 205 Å². The number of carbonyl (C=O) groups excluding carboxylic acids is 3. The van der Waals surface area contributed by atoms with Crippen molar-refractivity contribution in [2.45, 2.75) is 52.7 Å². The molecule has 0 aliphatic carbocycles. The van der Waals surface area contributed by atoms with E-state index in [9.17, 15) is 24.3 Å². The second-order valence-electron chi connectivity index (χ2n) is 30.4. The van der Waals surface area contributed by atoms with E-state index in [0.717, 1.165) is 204 Å². The number of carboxylic acid groups (broad SMARTS) is 1. The zero-order valence-electron chi connectivity index (χ0n) is 69.3. The molecular weight excluding hydrogens is 1710 g/mol. The molecule has 5 fully saturated rings. The summed E-state index contributed by atoms with van der Waals surface area (Å²) in [5, 5.41) is 19.7. The van der Waals surface area contributed by atoms with Crippen molar-refractivity contribution in [3.8, 4) is 22.5 Å². The van der Waals surface area contributed by atoms with E-state index in [4.69, 9.17) is 92.2 Å². The SMILES string of the molecule is CC(C)(C)OC(=O)N1CCN(c2ccc(Cl)cc2)CC1.CC(C)(C)OC(=O)N1CCNCC1.COC(=O)c1ccc2nc(-c3ccccc3)c(N3CCN(c4ccc(Cl)cc4)CC3)nc2c1.Clc1ccc(Br)cc1.Clc1ccc(N2CCNCC2)cc1.O=C(O)c1ccc2nc(-c3ccccc3)c(N3CCN(c4ccc(Cl)cc4)CC3)nc2c1.[Na+].[OH-]. The predicted octanol–water partition coefficient (Wildman–Crippen LogP) is 15.9. The van der Waals surface area contributed by atoms with E-state index in [1.165, 1.54) is 12.8 Å². The van der Waals surface area contributed by atoms with E-state index in [2.05, 4.69) is 80.2 Å². The van der Waals surface area contributed by atoms with Crippen LogP contribution in [0.25, 0.3) is 44.6 Å². The summed E-state index contributed by atoms with van der Waals surface area (Å²) in [6.45, 7) is 28.4. The van der Waals surface area contributed by atoms with Gasteiger partial charge < -0.3 is 74.6 Å². The van der Waals surface area contributed by atoms with Crippen LogP contribution in [0.4, 0.5) is 44.0 Å². The number of amides is 2. The Kier molecular flexibility index (Phi) is 36.6. The molecule has 5 saturated heterocycles. The van der Waals surface area contributed by atoms with E-state index in [1.54, 1.807) is 40.1 Å². The summed E-state index contributed by atoms with van der Waals surface area (Å²) in [6, 6.07) is 69.4. The van der Waals surface area contributed by atoms with Crippen LogP contribution in [0.1, 0.15) is 62.3 Å². The van der Waals surface area contributed by atoms with E-state index in [0.29, 0.717) is 35.2 Å². The molecule has 7 heterocycles. The van der Waals surface area contributed by atoms with Gasteiger partial charge in [-0.3, -0.25) is 0 Å². The molecule has 0 saturated carbocycles. The average Bonchev–Trinajstić information content (AvgIpc) is 0.776. The number of nitrogens with one attached hydrogen (secondary N) is 2. The van der Waals surface area contributed by atoms with Crippen molar-refractivity contribution >= 4 is 155 Å². The minimum atomic E-state index is -0.973. The van der Waals surface area contributed by atoms with Crippen LogP contribution in [-0.2, 0) is 14.2 Å². The maximum absolute atomic E-state index is 12.0. The van der Waals surface area contributed by atoms with Crippen LogP contribution in [-0.4, -0.2) is 214 Å². The number of carboxylic acids is 1. The van der Waals surface area contributed by atoms with Gasteiger partial charge in [0.05, 0.1) is 40.3 Å². The molecule has 2 aromatic heterocycles. The molecule has 11 aromatic rings. The summed E-state index contributed by atoms with van der Waals surface area (Å²) in [7, 11) is 1.38. The van der Waals surface area contributed by atoms with E-state index < -0.39 is 11.6 Å². The third-order valence-corrected chi connectivity index (χ3v) is 21.4. The van der Waals surface area contributed by atoms with Gasteiger partial charge in [-0.1, -0.05) is 135 Å². The minimum Gasteiger partial charge on any atom is -0.870 e. The molecule has 121 heavy (non-hydrogen) atoms. The maximum Gasteiger partial charge on any atom is 1.00 e. The Morgan fingerprint density at radius 1 is 0.372 bits per heavy atom. The second kappa shape index (κ2) is 46.3. The molecular formula is C91H101BrCl5N14NaO9. The Hall–Kier alpha value is -9.25. The summed E-state index contributed by atoms with van der Waals surface area (Å²) in [4.78, 5) is 83.9. The molecule has 2 amide bonds. The third kappa shape index (κ3) is 28.9. The van der Waals surface area contributed by atoms with Gasteiger partial charge in [0.15, 0.2) is 11.6 Å². The van der Waals surface area contributed by atoms with Crippen molar-refractivity contribution in [3.63, 3.8) is 0 Å². The first kappa shape index (κ1) is 95.6. The van der Waals surface area contributed by atoms with Crippen LogP contribution in [0.3, 0.4) is 0 Å². The number of hydrogen-bond acceptors (Lipinski definition) is 20. The van der Waals surface area contributed by atoms with Gasteiger partial charge in [-0.15, -0.1) is 0 Å². The van der Waals surface area contributed by atoms with Crippen LogP contribution >= 0.6 is 73.9 Å². The fourth-order valence-electron chi connectivity index (χ4n) is 13.4. The Balaban J connectivity index is 0.000000175. The summed E-state index contributed by atoms with van der Waals surface area (Å²) in [5.74, 6) is 0.247. The normalized spacial score (nSPS) is 14.7. The topological polar surface area (TPSA) is 248 Å². The fraction of sp³-hybridized carbons (Fsp3) is 0.319. The van der Waals surface area contributed by atoms with Crippen LogP contribution in [0.15, 0.2) is 223 Å². The molecule has 0 spiro atoms. The Morgan fingerprint density at radius 3 is 1.00 bits per heavy atom. The van der Waals surface area contributed by atoms with Gasteiger partial charge in [-0.05, 0) is 199 Å². The number of methoxy groups -OCH3 is 1. The number of hydrogen-bond donors (Lipinski definition) is 3. The van der Waals surface area contributed by atoms with Crippen LogP contribution in [0.5, 0.6) is 0 Å². The zero-order chi connectivity index (χ0) is 84.6. The van der Waals surface area contributed by atoms with Gasteiger partial charge in [0.2, 0.25) is 0 Å². The van der Waals surface area contributed by atoms with Gasteiger partial charge in [0.25, 0.3) is 0 Å². The molecule has 0 unspecified atom stereocenters. The number of aromatic nitrogens is 4. The van der Waals surface area contributed by atoms with Gasteiger partial charge in [0, 0.05) is 194 Å². The third-order valence-electron chi connectivity index (χ3n) is 19.6. The number of esters is 1. The predicted molar refractivity (Wildman–Crippen MR) is 490 cm³/mol. The largest absolute Gasteiger partial charge is 1.00 e. The number of nitrogens with zero attached hydrogens (tertiary/aromatic N) is 12. The molecule has 632 valence electrons. The molecule has 30 heteroatoms. The Labute approximate surface area is 763 Å². The van der Waals surface area contributed by atoms with Crippen LogP contribution in [0, 0.1) is 0 Å². The smallest absolute Gasteiger partial charge is 0.870 e. The minimum absolute atomic E-state index is 0. The maximum atomic E-state index is 12.0. The van der Waals surface area contributed by atoms with Crippen LogP contribution in [0.2, 0.25) is 25.1 Å². The molecule has 0 bridgehead atoms. The van der Waals surface area contributed by atoms with Gasteiger partial charge in [-0.25, -0.2) is 39.1 Å². The number of ether oxygens (including phenoxy) is 3. The number of anilines is 6. The van der Waals surface area contributed by atoms with Crippen molar-refractivity contribution < 1.29 is 73.5 Å². The first-order valence-electron chi connectivity index (χ1n) is 39.6.